The molecule has 2 atom stereocenters. The minimum absolute atomic E-state index is 0.0319. The molecule has 8 nitrogen and oxygen atoms in total. The summed E-state index contributed by atoms with van der Waals surface area (Å²) in [7, 11) is 5.40. The van der Waals surface area contributed by atoms with Crippen molar-refractivity contribution in [3.63, 3.8) is 0 Å². The van der Waals surface area contributed by atoms with Crippen LogP contribution in [0, 0.1) is 0 Å². The number of hydrogen-bond acceptors (Lipinski definition) is 7. The van der Waals surface area contributed by atoms with Gasteiger partial charge in [-0.2, -0.15) is 0 Å². The molecule has 0 aromatic rings. The lowest BCUT2D eigenvalue weighted by molar-refractivity contribution is -0.889. The molecule has 0 aliphatic carbocycles. The first-order chi connectivity index (χ1) is 27.6. The molecule has 0 spiro atoms. The van der Waals surface area contributed by atoms with Gasteiger partial charge in [0, 0.05) is 19.3 Å². The summed E-state index contributed by atoms with van der Waals surface area (Å²) in [6.07, 6.45) is 47.0. The number of carboxylic acid groups (broad SMARTS) is 1. The first-order valence-corrected chi connectivity index (χ1v) is 23.2. The minimum atomic E-state index is -1.13. The maximum Gasteiger partial charge on any atom is 0.306 e. The predicted molar refractivity (Wildman–Crippen MR) is 236 cm³/mol. The average molecular weight is 802 g/mol. The predicted octanol–water partition coefficient (Wildman–Crippen LogP) is 11.5. The zero-order valence-corrected chi connectivity index (χ0v) is 37.5. The first kappa shape index (κ1) is 54.3. The number of esters is 2. The molecule has 0 fully saturated rings. The number of ether oxygens (including phenoxy) is 3. The smallest absolute Gasteiger partial charge is 0.306 e. The van der Waals surface area contributed by atoms with Gasteiger partial charge in [-0.25, -0.2) is 0 Å². The van der Waals surface area contributed by atoms with Gasteiger partial charge in [-0.3, -0.25) is 9.59 Å². The minimum Gasteiger partial charge on any atom is -0.544 e. The monoisotopic (exact) mass is 802 g/mol. The molecule has 0 saturated carbocycles. The van der Waals surface area contributed by atoms with Crippen LogP contribution in [0.1, 0.15) is 194 Å². The Morgan fingerprint density at radius 2 is 0.982 bits per heavy atom. The quantitative estimate of drug-likeness (QED) is 0.0262. The van der Waals surface area contributed by atoms with Gasteiger partial charge in [0.1, 0.15) is 12.6 Å². The molecule has 2 unspecified atom stereocenters. The third-order valence-electron chi connectivity index (χ3n) is 10.2. The van der Waals surface area contributed by atoms with E-state index < -0.39 is 18.1 Å². The van der Waals surface area contributed by atoms with Crippen LogP contribution in [0.4, 0.5) is 0 Å². The largest absolute Gasteiger partial charge is 0.544 e. The maximum absolute atomic E-state index is 12.7. The molecular formula is C49H87NO7. The van der Waals surface area contributed by atoms with Gasteiger partial charge in [0.05, 0.1) is 40.3 Å². The topological polar surface area (TPSA) is 102 Å². The first-order valence-electron chi connectivity index (χ1n) is 23.2. The number of rotatable bonds is 41. The number of quaternary nitrogens is 1. The van der Waals surface area contributed by atoms with Gasteiger partial charge in [-0.05, 0) is 70.6 Å². The van der Waals surface area contributed by atoms with Crippen molar-refractivity contribution in [3.05, 3.63) is 48.6 Å². The summed E-state index contributed by atoms with van der Waals surface area (Å²) in [6.45, 7) is 4.53. The van der Waals surface area contributed by atoms with Crippen LogP contribution in [0.15, 0.2) is 48.6 Å². The van der Waals surface area contributed by atoms with E-state index in [4.69, 9.17) is 14.2 Å². The summed E-state index contributed by atoms with van der Waals surface area (Å²) in [5, 5.41) is 11.6. The highest BCUT2D eigenvalue weighted by Gasteiger charge is 2.25. The van der Waals surface area contributed by atoms with E-state index in [1.54, 1.807) is 21.1 Å². The highest BCUT2D eigenvalue weighted by atomic mass is 16.6. The van der Waals surface area contributed by atoms with Gasteiger partial charge >= 0.3 is 11.9 Å². The number of carbonyl (C=O) groups excluding carboxylic acids is 3. The van der Waals surface area contributed by atoms with Crippen LogP contribution in [0.3, 0.4) is 0 Å². The van der Waals surface area contributed by atoms with E-state index >= 15 is 0 Å². The van der Waals surface area contributed by atoms with Gasteiger partial charge < -0.3 is 28.6 Å². The van der Waals surface area contributed by atoms with Gasteiger partial charge in [0.2, 0.25) is 0 Å². The number of nitrogens with zero attached hydrogens (tertiary/aromatic N) is 1. The number of allylic oxidation sites excluding steroid dienone is 8. The Balaban J connectivity index is 4.33. The molecule has 0 bridgehead atoms. The van der Waals surface area contributed by atoms with Crippen molar-refractivity contribution in [1.82, 2.24) is 0 Å². The average Bonchev–Trinajstić information content (AvgIpc) is 3.17. The number of carbonyl (C=O) groups is 3. The molecule has 57 heavy (non-hydrogen) atoms. The van der Waals surface area contributed by atoms with E-state index in [-0.39, 0.29) is 42.7 Å². The molecule has 0 heterocycles. The Kier molecular flexibility index (Phi) is 38.2. The van der Waals surface area contributed by atoms with Crippen molar-refractivity contribution in [2.24, 2.45) is 0 Å². The summed E-state index contributed by atoms with van der Waals surface area (Å²) in [6, 6.07) is -0.730. The number of unbranched alkanes of at least 4 members (excludes halogenated alkanes) is 19. The lowest BCUT2D eigenvalue weighted by Crippen LogP contribution is -2.55. The molecule has 0 aliphatic heterocycles. The molecule has 0 aromatic carbocycles. The Morgan fingerprint density at radius 1 is 0.544 bits per heavy atom. The maximum atomic E-state index is 12.7. The van der Waals surface area contributed by atoms with Crippen LogP contribution < -0.4 is 5.11 Å². The Morgan fingerprint density at radius 3 is 1.47 bits per heavy atom. The van der Waals surface area contributed by atoms with Crippen LogP contribution in [0.5, 0.6) is 0 Å². The highest BCUT2D eigenvalue weighted by molar-refractivity contribution is 5.70. The molecular weight excluding hydrogens is 715 g/mol. The Bertz CT molecular complexity index is 1070. The van der Waals surface area contributed by atoms with Crippen molar-refractivity contribution >= 4 is 17.9 Å². The third kappa shape index (κ3) is 38.6. The molecule has 0 N–H and O–H groups in total. The molecule has 0 rings (SSSR count). The van der Waals surface area contributed by atoms with E-state index in [1.807, 2.05) is 0 Å². The van der Waals surface area contributed by atoms with Crippen molar-refractivity contribution in [2.45, 2.75) is 206 Å². The summed E-state index contributed by atoms with van der Waals surface area (Å²) in [5.41, 5.74) is 0. The molecule has 0 amide bonds. The molecule has 8 heteroatoms. The fourth-order valence-electron chi connectivity index (χ4n) is 6.61. The normalized spacial score (nSPS) is 13.4. The van der Waals surface area contributed by atoms with E-state index in [9.17, 15) is 19.5 Å². The third-order valence-corrected chi connectivity index (χ3v) is 10.2. The highest BCUT2D eigenvalue weighted by Crippen LogP contribution is 2.14. The summed E-state index contributed by atoms with van der Waals surface area (Å²) < 4.78 is 17.2. The van der Waals surface area contributed by atoms with Gasteiger partial charge in [-0.1, -0.05) is 152 Å². The number of likely N-dealkylation sites (N-methyl/N-ethyl adjacent to an activating group) is 1. The molecule has 0 radical (unpaired) electrons. The van der Waals surface area contributed by atoms with Crippen molar-refractivity contribution in [3.8, 4) is 0 Å². The van der Waals surface area contributed by atoms with Gasteiger partial charge in [-0.15, -0.1) is 0 Å². The van der Waals surface area contributed by atoms with Gasteiger partial charge in [0.25, 0.3) is 0 Å². The van der Waals surface area contributed by atoms with Crippen LogP contribution in [-0.2, 0) is 28.6 Å². The van der Waals surface area contributed by atoms with Crippen molar-refractivity contribution in [1.29, 1.82) is 0 Å². The standard InChI is InChI=1S/C49H87NO7/c1-6-8-10-12-14-16-18-20-22-23-24-26-27-29-31-33-35-37-39-47(51)56-44-45(43-55-42-41-46(49(53)54)50(3,4)5)57-48(52)40-38-36-34-32-30-28-25-21-19-17-15-13-11-9-7-2/h9,11,15,17,21-23,25,45-46H,6-8,10,12-14,16,18-20,24,26-44H2,1-5H3/b11-9-,17-15-,23-22-,25-21-. The summed E-state index contributed by atoms with van der Waals surface area (Å²) >= 11 is 0. The lowest BCUT2D eigenvalue weighted by atomic mass is 10.1. The van der Waals surface area contributed by atoms with Crippen LogP contribution in [0.2, 0.25) is 0 Å². The van der Waals surface area contributed by atoms with E-state index in [1.165, 1.54) is 83.5 Å². The number of carboxylic acids is 1. The summed E-state index contributed by atoms with van der Waals surface area (Å²) in [5.74, 6) is -1.76. The molecule has 330 valence electrons. The molecule has 0 aliphatic rings. The van der Waals surface area contributed by atoms with E-state index in [0.717, 1.165) is 77.0 Å². The fourth-order valence-corrected chi connectivity index (χ4v) is 6.61. The van der Waals surface area contributed by atoms with Gasteiger partial charge in [0.15, 0.2) is 6.10 Å². The Labute approximate surface area is 350 Å². The van der Waals surface area contributed by atoms with Crippen molar-refractivity contribution < 1.29 is 38.2 Å². The lowest BCUT2D eigenvalue weighted by Gasteiger charge is -2.34. The second-order valence-electron chi connectivity index (χ2n) is 16.6. The number of aliphatic carboxylic acids is 1. The van der Waals surface area contributed by atoms with Crippen LogP contribution >= 0.6 is 0 Å². The van der Waals surface area contributed by atoms with Crippen LogP contribution in [-0.4, -0.2) is 75.5 Å². The number of hydrogen-bond donors (Lipinski definition) is 0. The summed E-state index contributed by atoms with van der Waals surface area (Å²) in [4.78, 5) is 36.9. The SMILES string of the molecule is CC/C=C\C/C=C\C/C=C\CCCCCCCC(=O)OC(COCCC(C(=O)[O-])[N+](C)(C)C)COC(=O)CCCCCCCCC/C=C\CCCCCCCCC. The van der Waals surface area contributed by atoms with E-state index in [2.05, 4.69) is 62.5 Å². The fraction of sp³-hybridized carbons (Fsp3) is 0.776. The molecule has 0 aromatic heterocycles. The van der Waals surface area contributed by atoms with Crippen molar-refractivity contribution in [2.75, 3.05) is 41.0 Å². The van der Waals surface area contributed by atoms with E-state index in [0.29, 0.717) is 12.8 Å². The molecule has 0 saturated heterocycles. The Hall–Kier alpha value is -2.71. The zero-order valence-electron chi connectivity index (χ0n) is 37.5. The zero-order chi connectivity index (χ0) is 42.1. The second-order valence-corrected chi connectivity index (χ2v) is 16.6. The second kappa shape index (κ2) is 40.1. The van der Waals surface area contributed by atoms with Crippen LogP contribution in [0.25, 0.3) is 0 Å².